The Morgan fingerprint density at radius 1 is 1.36 bits per heavy atom. The zero-order valence-electron chi connectivity index (χ0n) is 7.68. The summed E-state index contributed by atoms with van der Waals surface area (Å²) in [5.41, 5.74) is 0. The van der Waals surface area contributed by atoms with E-state index >= 15 is 0 Å². The third-order valence-electron chi connectivity index (χ3n) is 2.54. The third-order valence-corrected chi connectivity index (χ3v) is 2.54. The van der Waals surface area contributed by atoms with Crippen LogP contribution in [-0.2, 0) is 0 Å². The second-order valence-electron chi connectivity index (χ2n) is 3.42. The summed E-state index contributed by atoms with van der Waals surface area (Å²) in [5, 5.41) is 0. The van der Waals surface area contributed by atoms with Crippen LogP contribution >= 0.6 is 0 Å². The van der Waals surface area contributed by atoms with Crippen LogP contribution in [0.2, 0.25) is 0 Å². The minimum Gasteiger partial charge on any atom is -0.303 e. The van der Waals surface area contributed by atoms with Gasteiger partial charge in [0.1, 0.15) is 0 Å². The van der Waals surface area contributed by atoms with Gasteiger partial charge in [0.2, 0.25) is 0 Å². The van der Waals surface area contributed by atoms with E-state index in [1.165, 1.54) is 38.6 Å². The largest absolute Gasteiger partial charge is 0.303 e. The lowest BCUT2D eigenvalue weighted by Crippen LogP contribution is -2.35. The average molecular weight is 161 g/mol. The molecule has 0 N–H and O–H groups in total. The molecule has 1 rings (SSSR count). The summed E-state index contributed by atoms with van der Waals surface area (Å²) in [6.07, 6.45) is 7.04. The van der Waals surface area contributed by atoms with Crippen molar-refractivity contribution in [2.45, 2.75) is 45.1 Å². The molecule has 0 saturated carbocycles. The number of hydrogen-bond donors (Lipinski definition) is 0. The molecule has 1 saturated heterocycles. The van der Waals surface area contributed by atoms with Crippen molar-refractivity contribution in [2.24, 2.45) is 0 Å². The predicted molar refractivity (Wildman–Crippen MR) is 47.7 cm³/mol. The number of likely N-dealkylation sites (tertiary alicyclic amines) is 1. The second kappa shape index (κ2) is 5.53. The Kier molecular flexibility index (Phi) is 5.47. The molecule has 0 radical (unpaired) electrons. The van der Waals surface area contributed by atoms with Gasteiger partial charge in [-0.25, -0.2) is 0 Å². The van der Waals surface area contributed by atoms with Crippen molar-refractivity contribution in [3.8, 4) is 0 Å². The van der Waals surface area contributed by atoms with Gasteiger partial charge in [-0.1, -0.05) is 19.8 Å². The van der Waals surface area contributed by atoms with Crippen molar-refractivity contribution < 1.29 is 4.70 Å². The number of rotatable bonds is 2. The van der Waals surface area contributed by atoms with E-state index in [2.05, 4.69) is 18.9 Å². The Balaban J connectivity index is 0.000001000. The normalized spacial score (nSPS) is 26.2. The van der Waals surface area contributed by atoms with E-state index in [9.17, 15) is 0 Å². The van der Waals surface area contributed by atoms with E-state index in [1.54, 1.807) is 0 Å². The summed E-state index contributed by atoms with van der Waals surface area (Å²) in [7, 11) is 2.26. The molecular weight excluding hydrogens is 141 g/mol. The molecular formula is C9H20FN. The summed E-state index contributed by atoms with van der Waals surface area (Å²) in [6, 6.07) is 0.902. The maximum atomic E-state index is 2.52. The first-order valence-electron chi connectivity index (χ1n) is 4.55. The van der Waals surface area contributed by atoms with E-state index in [0.29, 0.717) is 0 Å². The molecule has 2 heteroatoms. The molecule has 0 aromatic heterocycles. The highest BCUT2D eigenvalue weighted by molar-refractivity contribution is 4.72. The summed E-state index contributed by atoms with van der Waals surface area (Å²) >= 11 is 0. The molecule has 1 fully saturated rings. The highest BCUT2D eigenvalue weighted by Crippen LogP contribution is 2.18. The van der Waals surface area contributed by atoms with Crippen LogP contribution in [0, 0.1) is 0 Å². The van der Waals surface area contributed by atoms with Crippen LogP contribution in [-0.4, -0.2) is 24.5 Å². The SMILES string of the molecule is CCCC1CCCCN1C.F. The van der Waals surface area contributed by atoms with E-state index in [1.807, 2.05) is 0 Å². The standard InChI is InChI=1S/C9H19N.FH/c1-3-6-9-7-4-5-8-10(9)2;/h9H,3-8H2,1-2H3;1H. The minimum absolute atomic E-state index is 0. The zero-order valence-corrected chi connectivity index (χ0v) is 7.68. The molecule has 0 bridgehead atoms. The molecule has 1 aliphatic rings. The number of hydrogen-bond acceptors (Lipinski definition) is 1. The Bertz CT molecular complexity index is 93.6. The molecule has 0 amide bonds. The lowest BCUT2D eigenvalue weighted by atomic mass is 9.99. The molecule has 1 aliphatic heterocycles. The van der Waals surface area contributed by atoms with Crippen LogP contribution in [0.5, 0.6) is 0 Å². The van der Waals surface area contributed by atoms with E-state index < -0.39 is 0 Å². The fourth-order valence-electron chi connectivity index (χ4n) is 1.84. The first-order chi connectivity index (χ1) is 4.84. The van der Waals surface area contributed by atoms with Gasteiger partial charge in [-0.2, -0.15) is 0 Å². The molecule has 0 aromatic carbocycles. The number of halogens is 1. The number of piperidine rings is 1. The summed E-state index contributed by atoms with van der Waals surface area (Å²) in [5.74, 6) is 0. The second-order valence-corrected chi connectivity index (χ2v) is 3.42. The Hall–Kier alpha value is -0.110. The number of nitrogens with zero attached hydrogens (tertiary/aromatic N) is 1. The maximum Gasteiger partial charge on any atom is 0.00921 e. The Morgan fingerprint density at radius 3 is 2.64 bits per heavy atom. The van der Waals surface area contributed by atoms with Gasteiger partial charge < -0.3 is 4.90 Å². The molecule has 0 aromatic rings. The van der Waals surface area contributed by atoms with Gasteiger partial charge in [-0.15, -0.1) is 0 Å². The van der Waals surface area contributed by atoms with Gasteiger partial charge in [0.05, 0.1) is 0 Å². The van der Waals surface area contributed by atoms with Gasteiger partial charge in [0, 0.05) is 6.04 Å². The van der Waals surface area contributed by atoms with Crippen LogP contribution in [0.3, 0.4) is 0 Å². The van der Waals surface area contributed by atoms with Crippen molar-refractivity contribution in [1.82, 2.24) is 4.90 Å². The fourth-order valence-corrected chi connectivity index (χ4v) is 1.84. The van der Waals surface area contributed by atoms with Crippen molar-refractivity contribution >= 4 is 0 Å². The van der Waals surface area contributed by atoms with Crippen molar-refractivity contribution in [3.05, 3.63) is 0 Å². The van der Waals surface area contributed by atoms with Crippen LogP contribution < -0.4 is 0 Å². The fraction of sp³-hybridized carbons (Fsp3) is 1.00. The zero-order chi connectivity index (χ0) is 7.40. The molecule has 1 heterocycles. The van der Waals surface area contributed by atoms with E-state index in [-0.39, 0.29) is 4.70 Å². The van der Waals surface area contributed by atoms with Gasteiger partial charge in [-0.05, 0) is 32.9 Å². The summed E-state index contributed by atoms with van der Waals surface area (Å²) < 4.78 is 0. The monoisotopic (exact) mass is 161 g/mol. The quantitative estimate of drug-likeness (QED) is 0.601. The smallest absolute Gasteiger partial charge is 0.00921 e. The minimum atomic E-state index is 0. The third kappa shape index (κ3) is 3.19. The summed E-state index contributed by atoms with van der Waals surface area (Å²) in [4.78, 5) is 2.52. The molecule has 0 aliphatic carbocycles. The first-order valence-corrected chi connectivity index (χ1v) is 4.55. The maximum absolute atomic E-state index is 2.52. The highest BCUT2D eigenvalue weighted by Gasteiger charge is 2.16. The van der Waals surface area contributed by atoms with Crippen LogP contribution in [0.15, 0.2) is 0 Å². The lowest BCUT2D eigenvalue weighted by molar-refractivity contribution is 0.175. The Labute approximate surface area is 69.1 Å². The Morgan fingerprint density at radius 2 is 2.09 bits per heavy atom. The predicted octanol–water partition coefficient (Wildman–Crippen LogP) is 2.42. The summed E-state index contributed by atoms with van der Waals surface area (Å²) in [6.45, 7) is 3.60. The molecule has 1 atom stereocenters. The van der Waals surface area contributed by atoms with Gasteiger partial charge in [0.25, 0.3) is 0 Å². The molecule has 1 nitrogen and oxygen atoms in total. The molecule has 11 heavy (non-hydrogen) atoms. The van der Waals surface area contributed by atoms with E-state index in [4.69, 9.17) is 0 Å². The first kappa shape index (κ1) is 10.9. The van der Waals surface area contributed by atoms with E-state index in [0.717, 1.165) is 6.04 Å². The van der Waals surface area contributed by atoms with Crippen LogP contribution in [0.1, 0.15) is 39.0 Å². The van der Waals surface area contributed by atoms with Crippen molar-refractivity contribution in [3.63, 3.8) is 0 Å². The van der Waals surface area contributed by atoms with Crippen LogP contribution in [0.25, 0.3) is 0 Å². The highest BCUT2D eigenvalue weighted by atomic mass is 19.0. The van der Waals surface area contributed by atoms with Gasteiger partial charge in [-0.3, -0.25) is 4.70 Å². The lowest BCUT2D eigenvalue weighted by Gasteiger charge is -2.32. The van der Waals surface area contributed by atoms with Gasteiger partial charge in [0.15, 0.2) is 0 Å². The van der Waals surface area contributed by atoms with Crippen molar-refractivity contribution in [2.75, 3.05) is 13.6 Å². The molecule has 0 spiro atoms. The molecule has 68 valence electrons. The van der Waals surface area contributed by atoms with Crippen molar-refractivity contribution in [1.29, 1.82) is 0 Å². The molecule has 1 unspecified atom stereocenters. The van der Waals surface area contributed by atoms with Gasteiger partial charge >= 0.3 is 0 Å². The average Bonchev–Trinajstić information content (AvgIpc) is 1.94. The van der Waals surface area contributed by atoms with Crippen LogP contribution in [0.4, 0.5) is 4.70 Å². The topological polar surface area (TPSA) is 3.24 Å².